The van der Waals surface area contributed by atoms with Crippen LogP contribution in [0.3, 0.4) is 0 Å². The van der Waals surface area contributed by atoms with Crippen LogP contribution < -0.4 is 4.74 Å². The summed E-state index contributed by atoms with van der Waals surface area (Å²) in [7, 11) is 0. The molecule has 0 spiro atoms. The molecule has 2 atom stereocenters. The van der Waals surface area contributed by atoms with E-state index >= 15 is 0 Å². The summed E-state index contributed by atoms with van der Waals surface area (Å²) in [5.74, 6) is 3.61. The van der Waals surface area contributed by atoms with Crippen LogP contribution in [0.25, 0.3) is 0 Å². The maximum atomic E-state index is 13.3. The molecule has 1 aromatic rings. The van der Waals surface area contributed by atoms with E-state index in [2.05, 4.69) is 17.0 Å². The van der Waals surface area contributed by atoms with Crippen LogP contribution in [0.4, 0.5) is 0 Å². The van der Waals surface area contributed by atoms with Crippen LogP contribution in [0.1, 0.15) is 37.3 Å². The first-order valence-electron chi connectivity index (χ1n) is 8.35. The third-order valence-electron chi connectivity index (χ3n) is 7.20. The third-order valence-corrected chi connectivity index (χ3v) is 7.20. The molecule has 1 aromatic carbocycles. The fourth-order valence-electron chi connectivity index (χ4n) is 6.22. The van der Waals surface area contributed by atoms with Gasteiger partial charge in [0.2, 0.25) is 5.91 Å². The fourth-order valence-corrected chi connectivity index (χ4v) is 6.22. The van der Waals surface area contributed by atoms with E-state index in [0.717, 1.165) is 18.7 Å². The number of ether oxygens (including phenoxy) is 1. The average molecular weight is 281 g/mol. The van der Waals surface area contributed by atoms with Crippen molar-refractivity contribution in [2.24, 2.45) is 23.2 Å². The van der Waals surface area contributed by atoms with Crippen molar-refractivity contribution >= 4 is 5.91 Å². The number of nitrogens with zero attached hydrogens (tertiary/aromatic N) is 1. The van der Waals surface area contributed by atoms with E-state index in [1.807, 2.05) is 12.1 Å². The average Bonchev–Trinajstić information content (AvgIpc) is 2.86. The zero-order chi connectivity index (χ0) is 13.8. The number of hydrogen-bond acceptors (Lipinski definition) is 2. The number of para-hydroxylation sites is 1. The lowest BCUT2D eigenvalue weighted by Gasteiger charge is -2.76. The van der Waals surface area contributed by atoms with Crippen LogP contribution in [-0.2, 0) is 4.79 Å². The zero-order valence-corrected chi connectivity index (χ0v) is 12.0. The molecule has 4 fully saturated rings. The van der Waals surface area contributed by atoms with E-state index in [-0.39, 0.29) is 17.6 Å². The van der Waals surface area contributed by atoms with Crippen LogP contribution in [0.5, 0.6) is 5.75 Å². The Hall–Kier alpha value is -1.51. The summed E-state index contributed by atoms with van der Waals surface area (Å²) in [4.78, 5) is 15.5. The van der Waals surface area contributed by atoms with Crippen LogP contribution in [-0.4, -0.2) is 23.5 Å². The van der Waals surface area contributed by atoms with Gasteiger partial charge in [-0.3, -0.25) is 4.79 Å². The second kappa shape index (κ2) is 3.29. The van der Waals surface area contributed by atoms with E-state index in [9.17, 15) is 4.79 Å². The SMILES string of the molecule is O=C(N1C[C@@H]2C[C@H]1c1ccccc1O2)C12C3CC1CC2C3. The number of carbonyl (C=O) groups is 1. The Bertz CT molecular complexity index is 636. The molecule has 21 heavy (non-hydrogen) atoms. The lowest BCUT2D eigenvalue weighted by molar-refractivity contribution is -0.279. The van der Waals surface area contributed by atoms with Gasteiger partial charge in [-0.05, 0) is 43.1 Å². The summed E-state index contributed by atoms with van der Waals surface area (Å²) in [6.07, 6.45) is 5.14. The van der Waals surface area contributed by atoms with E-state index < -0.39 is 0 Å². The molecule has 3 aliphatic carbocycles. The van der Waals surface area contributed by atoms with Crippen molar-refractivity contribution in [1.29, 1.82) is 0 Å². The van der Waals surface area contributed by atoms with E-state index in [4.69, 9.17) is 4.74 Å². The van der Waals surface area contributed by atoms with Crippen molar-refractivity contribution in [3.05, 3.63) is 29.8 Å². The number of likely N-dealkylation sites (tertiary alicyclic amines) is 1. The maximum Gasteiger partial charge on any atom is 0.230 e. The van der Waals surface area contributed by atoms with Crippen molar-refractivity contribution in [2.45, 2.75) is 37.8 Å². The molecule has 0 aromatic heterocycles. The van der Waals surface area contributed by atoms with Crippen molar-refractivity contribution in [3.63, 3.8) is 0 Å². The normalized spacial score (nSPS) is 47.2. The maximum absolute atomic E-state index is 13.3. The lowest BCUT2D eigenvalue weighted by Crippen LogP contribution is -2.76. The number of amides is 1. The van der Waals surface area contributed by atoms with Gasteiger partial charge in [0, 0.05) is 12.0 Å². The first-order valence-corrected chi connectivity index (χ1v) is 8.35. The molecular weight excluding hydrogens is 262 g/mol. The van der Waals surface area contributed by atoms with Gasteiger partial charge in [0.05, 0.1) is 18.0 Å². The molecule has 2 heterocycles. The van der Waals surface area contributed by atoms with Gasteiger partial charge < -0.3 is 9.64 Å². The highest BCUT2D eigenvalue weighted by Crippen LogP contribution is 2.79. The summed E-state index contributed by atoms with van der Waals surface area (Å²) in [5.41, 5.74) is 1.31. The Morgan fingerprint density at radius 3 is 2.52 bits per heavy atom. The topological polar surface area (TPSA) is 29.5 Å². The molecule has 2 aliphatic heterocycles. The fraction of sp³-hybridized carbons (Fsp3) is 0.611. The minimum absolute atomic E-state index is 0.0897. The monoisotopic (exact) mass is 281 g/mol. The number of benzene rings is 1. The standard InChI is InChI=1S/C18H19NO2/c20-17(18-10-5-11(18)7-12(18)6-10)19-9-13-8-15(19)14-3-1-2-4-16(14)21-13/h1-4,10-13,15H,5-9H2/t10?,11?,12?,13-,15-,18?/m0/s1. The van der Waals surface area contributed by atoms with Crippen molar-refractivity contribution in [3.8, 4) is 5.75 Å². The zero-order valence-electron chi connectivity index (χ0n) is 12.0. The Morgan fingerprint density at radius 1 is 1.10 bits per heavy atom. The molecule has 1 saturated heterocycles. The first-order chi connectivity index (χ1) is 10.3. The van der Waals surface area contributed by atoms with Gasteiger partial charge >= 0.3 is 0 Å². The number of rotatable bonds is 1. The van der Waals surface area contributed by atoms with Gasteiger partial charge in [0.1, 0.15) is 11.9 Å². The van der Waals surface area contributed by atoms with Crippen molar-refractivity contribution < 1.29 is 9.53 Å². The summed E-state index contributed by atoms with van der Waals surface area (Å²) < 4.78 is 6.06. The number of fused-ring (bicyclic) bond motifs is 4. The Kier molecular flexibility index (Phi) is 1.74. The molecule has 0 N–H and O–H groups in total. The predicted molar refractivity (Wildman–Crippen MR) is 76.7 cm³/mol. The van der Waals surface area contributed by atoms with Crippen LogP contribution in [0.2, 0.25) is 0 Å². The predicted octanol–water partition coefficient (Wildman–Crippen LogP) is 2.77. The molecule has 1 amide bonds. The van der Waals surface area contributed by atoms with Gasteiger partial charge in [0.15, 0.2) is 0 Å². The van der Waals surface area contributed by atoms with Crippen molar-refractivity contribution in [2.75, 3.05) is 6.54 Å². The van der Waals surface area contributed by atoms with Gasteiger partial charge in [0.25, 0.3) is 0 Å². The largest absolute Gasteiger partial charge is 0.488 e. The number of carbonyl (C=O) groups excluding carboxylic acids is 1. The molecule has 6 rings (SSSR count). The van der Waals surface area contributed by atoms with Gasteiger partial charge in [-0.1, -0.05) is 18.2 Å². The second-order valence-electron chi connectivity index (χ2n) is 7.72. The second-order valence-corrected chi connectivity index (χ2v) is 7.72. The van der Waals surface area contributed by atoms with E-state index in [1.165, 1.54) is 24.8 Å². The Balaban J connectivity index is 1.39. The minimum atomic E-state index is 0.0897. The molecule has 108 valence electrons. The van der Waals surface area contributed by atoms with Crippen LogP contribution in [0.15, 0.2) is 24.3 Å². The van der Waals surface area contributed by atoms with Gasteiger partial charge in [-0.25, -0.2) is 0 Å². The summed E-state index contributed by atoms with van der Waals surface area (Å²) in [6, 6.07) is 8.54. The van der Waals surface area contributed by atoms with Crippen LogP contribution >= 0.6 is 0 Å². The molecule has 0 unspecified atom stereocenters. The Labute approximate surface area is 124 Å². The highest BCUT2D eigenvalue weighted by Gasteiger charge is 2.78. The molecule has 0 radical (unpaired) electrons. The van der Waals surface area contributed by atoms with Gasteiger partial charge in [-0.15, -0.1) is 0 Å². The summed E-state index contributed by atoms with van der Waals surface area (Å²) in [6.45, 7) is 0.798. The first kappa shape index (κ1) is 11.1. The summed E-state index contributed by atoms with van der Waals surface area (Å²) >= 11 is 0. The van der Waals surface area contributed by atoms with E-state index in [1.54, 1.807) is 0 Å². The minimum Gasteiger partial charge on any atom is -0.488 e. The van der Waals surface area contributed by atoms with Crippen LogP contribution in [0, 0.1) is 23.2 Å². The van der Waals surface area contributed by atoms with Crippen molar-refractivity contribution in [1.82, 2.24) is 4.90 Å². The quantitative estimate of drug-likeness (QED) is 0.792. The molecule has 3 heteroatoms. The van der Waals surface area contributed by atoms with E-state index in [0.29, 0.717) is 23.7 Å². The molecule has 3 nitrogen and oxygen atoms in total. The highest BCUT2D eigenvalue weighted by molar-refractivity contribution is 5.88. The Morgan fingerprint density at radius 2 is 1.81 bits per heavy atom. The molecule has 5 aliphatic rings. The molecule has 2 bridgehead atoms. The van der Waals surface area contributed by atoms with Gasteiger partial charge in [-0.2, -0.15) is 0 Å². The number of hydrogen-bond donors (Lipinski definition) is 0. The third kappa shape index (κ3) is 1.04. The lowest BCUT2D eigenvalue weighted by atomic mass is 9.27. The molecular formula is C18H19NO2. The highest BCUT2D eigenvalue weighted by atomic mass is 16.5. The molecule has 3 saturated carbocycles. The smallest absolute Gasteiger partial charge is 0.230 e. The summed E-state index contributed by atoms with van der Waals surface area (Å²) in [5, 5.41) is 0.